The minimum Gasteiger partial charge on any atom is -0.448 e. The van der Waals surface area contributed by atoms with E-state index < -0.39 is 0 Å². The van der Waals surface area contributed by atoms with Gasteiger partial charge in [0.15, 0.2) is 0 Å². The lowest BCUT2D eigenvalue weighted by Crippen LogP contribution is -2.39. The molecule has 1 aliphatic rings. The zero-order chi connectivity index (χ0) is 11.8. The van der Waals surface area contributed by atoms with Gasteiger partial charge in [-0.05, 0) is 30.3 Å². The van der Waals surface area contributed by atoms with Gasteiger partial charge >= 0.3 is 0 Å². The summed E-state index contributed by atoms with van der Waals surface area (Å²) in [4.78, 5) is 1.86. The summed E-state index contributed by atoms with van der Waals surface area (Å²) >= 11 is 0. The molecule has 86 valence electrons. The fraction of sp³-hybridized carbons (Fsp3) is 0.0833. The lowest BCUT2D eigenvalue weighted by molar-refractivity contribution is 0.577. The Bertz CT molecular complexity index is 558. The second-order valence-electron chi connectivity index (χ2n) is 3.87. The number of hydrogen-bond donors (Lipinski definition) is 3. The van der Waals surface area contributed by atoms with Crippen LogP contribution >= 0.6 is 0 Å². The van der Waals surface area contributed by atoms with Gasteiger partial charge in [-0.2, -0.15) is 0 Å². The molecule has 4 N–H and O–H groups in total. The number of amidine groups is 1. The van der Waals surface area contributed by atoms with E-state index in [2.05, 4.69) is 5.32 Å². The minimum absolute atomic E-state index is 0.428. The van der Waals surface area contributed by atoms with E-state index in [-0.39, 0.29) is 0 Å². The van der Waals surface area contributed by atoms with Gasteiger partial charge in [0.1, 0.15) is 5.84 Å². The molecule has 2 heterocycles. The van der Waals surface area contributed by atoms with Crippen molar-refractivity contribution in [2.45, 2.75) is 0 Å². The number of nitrogen functional groups attached to an aromatic ring is 1. The number of nitrogens with one attached hydrogen (secondary N) is 2. The largest absolute Gasteiger partial charge is 0.448 e. The van der Waals surface area contributed by atoms with Crippen molar-refractivity contribution in [3.63, 3.8) is 0 Å². The predicted octanol–water partition coefficient (Wildman–Crippen LogP) is 2.08. The minimum atomic E-state index is 0.428. The second-order valence-corrected chi connectivity index (χ2v) is 3.87. The molecule has 2 aromatic rings. The Labute approximate surface area is 98.3 Å². The number of fused-ring (bicyclic) bond motifs is 1. The molecule has 0 spiro atoms. The van der Waals surface area contributed by atoms with Crippen molar-refractivity contribution in [3.05, 3.63) is 42.2 Å². The number of nitrogens with zero attached hydrogens (tertiary/aromatic N) is 1. The van der Waals surface area contributed by atoms with Crippen molar-refractivity contribution < 1.29 is 4.42 Å². The number of anilines is 3. The van der Waals surface area contributed by atoms with Gasteiger partial charge in [-0.3, -0.25) is 5.41 Å². The first kappa shape index (κ1) is 9.77. The lowest BCUT2D eigenvalue weighted by atomic mass is 10.2. The van der Waals surface area contributed by atoms with Crippen LogP contribution in [0.4, 0.5) is 17.3 Å². The standard InChI is InChI=1S/C12H12N4O/c13-8-1-3-9(4-2-8)16-7-15-12-10(11(16)14)5-6-17-12/h1-6,14-15H,7,13H2. The summed E-state index contributed by atoms with van der Waals surface area (Å²) in [5, 5.41) is 11.3. The van der Waals surface area contributed by atoms with Crippen LogP contribution in [0.2, 0.25) is 0 Å². The molecule has 0 radical (unpaired) electrons. The van der Waals surface area contributed by atoms with Gasteiger partial charge in [-0.15, -0.1) is 0 Å². The third-order valence-electron chi connectivity index (χ3n) is 2.79. The van der Waals surface area contributed by atoms with E-state index in [4.69, 9.17) is 15.6 Å². The number of hydrogen-bond acceptors (Lipinski definition) is 4. The molecule has 0 aliphatic carbocycles. The Hall–Kier alpha value is -2.43. The summed E-state index contributed by atoms with van der Waals surface area (Å²) < 4.78 is 5.23. The van der Waals surface area contributed by atoms with Crippen LogP contribution in [-0.2, 0) is 0 Å². The number of furan rings is 1. The molecule has 5 nitrogen and oxygen atoms in total. The van der Waals surface area contributed by atoms with Crippen LogP contribution < -0.4 is 16.0 Å². The van der Waals surface area contributed by atoms with E-state index in [9.17, 15) is 0 Å². The topological polar surface area (TPSA) is 78.3 Å². The van der Waals surface area contributed by atoms with Crippen LogP contribution in [0.15, 0.2) is 41.0 Å². The first-order chi connectivity index (χ1) is 8.25. The summed E-state index contributed by atoms with van der Waals surface area (Å²) in [6.07, 6.45) is 1.58. The third kappa shape index (κ3) is 1.52. The van der Waals surface area contributed by atoms with Crippen LogP contribution in [-0.4, -0.2) is 12.5 Å². The molecule has 1 aromatic heterocycles. The third-order valence-corrected chi connectivity index (χ3v) is 2.79. The van der Waals surface area contributed by atoms with Crippen LogP contribution in [0.25, 0.3) is 0 Å². The fourth-order valence-corrected chi connectivity index (χ4v) is 1.88. The van der Waals surface area contributed by atoms with Gasteiger partial charge in [0.05, 0.1) is 18.5 Å². The smallest absolute Gasteiger partial charge is 0.205 e. The zero-order valence-corrected chi connectivity index (χ0v) is 9.10. The summed E-state index contributed by atoms with van der Waals surface area (Å²) in [5.41, 5.74) is 8.07. The van der Waals surface area contributed by atoms with E-state index in [1.54, 1.807) is 12.3 Å². The van der Waals surface area contributed by atoms with Crippen molar-refractivity contribution in [3.8, 4) is 0 Å². The van der Waals surface area contributed by atoms with Crippen LogP contribution in [0, 0.1) is 5.41 Å². The molecule has 1 aromatic carbocycles. The molecular formula is C12H12N4O. The molecule has 0 bridgehead atoms. The quantitative estimate of drug-likeness (QED) is 0.653. The highest BCUT2D eigenvalue weighted by atomic mass is 16.3. The normalized spacial score (nSPS) is 14.4. The Balaban J connectivity index is 1.96. The fourth-order valence-electron chi connectivity index (χ4n) is 1.88. The lowest BCUT2D eigenvalue weighted by Gasteiger charge is -2.29. The van der Waals surface area contributed by atoms with Gasteiger partial charge in [-0.25, -0.2) is 0 Å². The SMILES string of the molecule is N=C1c2ccoc2NCN1c1ccc(N)cc1. The molecule has 0 saturated heterocycles. The van der Waals surface area contributed by atoms with Crippen LogP contribution in [0.5, 0.6) is 0 Å². The maximum Gasteiger partial charge on any atom is 0.205 e. The van der Waals surface area contributed by atoms with Gasteiger partial charge < -0.3 is 20.4 Å². The van der Waals surface area contributed by atoms with Gasteiger partial charge in [0.25, 0.3) is 0 Å². The van der Waals surface area contributed by atoms with Gasteiger partial charge in [0, 0.05) is 11.4 Å². The monoisotopic (exact) mass is 228 g/mol. The molecule has 0 atom stereocenters. The number of rotatable bonds is 1. The highest BCUT2D eigenvalue weighted by Gasteiger charge is 2.23. The maximum atomic E-state index is 8.13. The Morgan fingerprint density at radius 3 is 2.76 bits per heavy atom. The van der Waals surface area contributed by atoms with Crippen molar-refractivity contribution in [1.82, 2.24) is 0 Å². The highest BCUT2D eigenvalue weighted by molar-refractivity contribution is 6.12. The maximum absolute atomic E-state index is 8.13. The average Bonchev–Trinajstić information content (AvgIpc) is 2.80. The zero-order valence-electron chi connectivity index (χ0n) is 9.10. The molecule has 3 rings (SSSR count). The van der Waals surface area contributed by atoms with E-state index in [1.807, 2.05) is 29.2 Å². The molecule has 0 unspecified atom stereocenters. The Kier molecular flexibility index (Phi) is 2.04. The molecule has 17 heavy (non-hydrogen) atoms. The highest BCUT2D eigenvalue weighted by Crippen LogP contribution is 2.27. The molecular weight excluding hydrogens is 216 g/mol. The second kappa shape index (κ2) is 3.55. The van der Waals surface area contributed by atoms with Crippen molar-refractivity contribution >= 4 is 23.1 Å². The average molecular weight is 228 g/mol. The van der Waals surface area contributed by atoms with E-state index in [0.29, 0.717) is 24.1 Å². The summed E-state index contributed by atoms with van der Waals surface area (Å²) in [6, 6.07) is 9.24. The Morgan fingerprint density at radius 2 is 2.00 bits per heavy atom. The molecule has 0 saturated carbocycles. The molecule has 0 amide bonds. The summed E-state index contributed by atoms with van der Waals surface area (Å²) in [6.45, 7) is 0.517. The van der Waals surface area contributed by atoms with E-state index in [0.717, 1.165) is 11.3 Å². The first-order valence-corrected chi connectivity index (χ1v) is 5.29. The van der Waals surface area contributed by atoms with Gasteiger partial charge in [0.2, 0.25) is 5.88 Å². The summed E-state index contributed by atoms with van der Waals surface area (Å²) in [5.74, 6) is 1.08. The predicted molar refractivity (Wildman–Crippen MR) is 67.4 cm³/mol. The number of nitrogens with two attached hydrogens (primary N) is 1. The molecule has 0 fully saturated rings. The molecule has 1 aliphatic heterocycles. The van der Waals surface area contributed by atoms with Crippen molar-refractivity contribution in [1.29, 1.82) is 5.41 Å². The van der Waals surface area contributed by atoms with Crippen LogP contribution in [0.1, 0.15) is 5.56 Å². The summed E-state index contributed by atoms with van der Waals surface area (Å²) in [7, 11) is 0. The van der Waals surface area contributed by atoms with E-state index >= 15 is 0 Å². The molecule has 5 heteroatoms. The Morgan fingerprint density at radius 1 is 1.24 bits per heavy atom. The van der Waals surface area contributed by atoms with Crippen molar-refractivity contribution in [2.24, 2.45) is 0 Å². The van der Waals surface area contributed by atoms with Gasteiger partial charge in [-0.1, -0.05) is 0 Å². The first-order valence-electron chi connectivity index (χ1n) is 5.29. The number of benzene rings is 1. The van der Waals surface area contributed by atoms with E-state index in [1.165, 1.54) is 0 Å². The van der Waals surface area contributed by atoms with Crippen LogP contribution in [0.3, 0.4) is 0 Å². The van der Waals surface area contributed by atoms with Crippen molar-refractivity contribution in [2.75, 3.05) is 22.6 Å².